The van der Waals surface area contributed by atoms with E-state index in [1.54, 1.807) is 11.9 Å². The molecule has 0 bridgehead atoms. The van der Waals surface area contributed by atoms with Gasteiger partial charge in [-0.2, -0.15) is 0 Å². The third kappa shape index (κ3) is 4.33. The summed E-state index contributed by atoms with van der Waals surface area (Å²) in [5.41, 5.74) is 0.854. The molecule has 0 saturated carbocycles. The van der Waals surface area contributed by atoms with Crippen LogP contribution in [0.2, 0.25) is 0 Å². The van der Waals surface area contributed by atoms with Crippen LogP contribution in [0.5, 0.6) is 5.75 Å². The average molecular weight is 298 g/mol. The van der Waals surface area contributed by atoms with Gasteiger partial charge in [-0.05, 0) is 19.2 Å². The normalized spacial score (nSPS) is 11.7. The maximum Gasteiger partial charge on any atom is 0.268 e. The molecule has 0 radical (unpaired) electrons. The second-order valence-electron chi connectivity index (χ2n) is 5.08. The molecule has 1 unspecified atom stereocenters. The Morgan fingerprint density at radius 2 is 1.68 bits per heavy atom. The van der Waals surface area contributed by atoms with E-state index in [0.29, 0.717) is 12.3 Å². The minimum Gasteiger partial charge on any atom is -0.476 e. The molecule has 116 valence electrons. The highest BCUT2D eigenvalue weighted by molar-refractivity contribution is 5.82. The molecule has 2 rings (SSSR count). The van der Waals surface area contributed by atoms with E-state index in [1.807, 2.05) is 67.7 Å². The van der Waals surface area contributed by atoms with Gasteiger partial charge in [-0.3, -0.25) is 4.79 Å². The molecule has 0 spiro atoms. The second-order valence-corrected chi connectivity index (χ2v) is 5.08. The second kappa shape index (κ2) is 8.20. The van der Waals surface area contributed by atoms with Crippen LogP contribution < -0.4 is 10.1 Å². The van der Waals surface area contributed by atoms with Crippen LogP contribution in [0.15, 0.2) is 60.7 Å². The molecule has 1 amide bonds. The number of nitrogens with zero attached hydrogens (tertiary/aromatic N) is 1. The van der Waals surface area contributed by atoms with Crippen molar-refractivity contribution in [3.05, 3.63) is 66.2 Å². The molecule has 1 atom stereocenters. The highest BCUT2D eigenvalue weighted by Crippen LogP contribution is 2.23. The molecule has 4 heteroatoms. The molecule has 2 aromatic rings. The van der Waals surface area contributed by atoms with Crippen molar-refractivity contribution in [2.45, 2.75) is 6.10 Å². The summed E-state index contributed by atoms with van der Waals surface area (Å²) in [5, 5.41) is 3.05. The largest absolute Gasteiger partial charge is 0.476 e. The third-order valence-electron chi connectivity index (χ3n) is 3.40. The summed E-state index contributed by atoms with van der Waals surface area (Å²) >= 11 is 0. The Balaban J connectivity index is 2.20. The SMILES string of the molecule is CNCCN(C)C(=O)C(Oc1ccccc1)c1ccccc1. The molecular formula is C18H22N2O2. The van der Waals surface area contributed by atoms with Crippen LogP contribution in [0.4, 0.5) is 0 Å². The molecule has 1 N–H and O–H groups in total. The lowest BCUT2D eigenvalue weighted by Gasteiger charge is -2.25. The number of hydrogen-bond acceptors (Lipinski definition) is 3. The Morgan fingerprint density at radius 1 is 1.09 bits per heavy atom. The number of ether oxygens (including phenoxy) is 1. The Hall–Kier alpha value is -2.33. The standard InChI is InChI=1S/C18H22N2O2/c1-19-13-14-20(2)18(21)17(15-9-5-3-6-10-15)22-16-11-7-4-8-12-16/h3-12,17,19H,13-14H2,1-2H3. The summed E-state index contributed by atoms with van der Waals surface area (Å²) in [4.78, 5) is 14.4. The Kier molecular flexibility index (Phi) is 5.98. The first kappa shape index (κ1) is 16.0. The van der Waals surface area contributed by atoms with E-state index in [0.717, 1.165) is 12.1 Å². The summed E-state index contributed by atoms with van der Waals surface area (Å²) in [7, 11) is 3.66. The zero-order valence-corrected chi connectivity index (χ0v) is 13.0. The van der Waals surface area contributed by atoms with Crippen LogP contribution in [0, 0.1) is 0 Å². The summed E-state index contributed by atoms with van der Waals surface area (Å²) in [6.45, 7) is 1.38. The van der Waals surface area contributed by atoms with Gasteiger partial charge < -0.3 is 15.0 Å². The van der Waals surface area contributed by atoms with Crippen molar-refractivity contribution in [3.63, 3.8) is 0 Å². The van der Waals surface area contributed by atoms with E-state index < -0.39 is 6.10 Å². The number of carbonyl (C=O) groups is 1. The number of nitrogens with one attached hydrogen (secondary N) is 1. The number of para-hydroxylation sites is 1. The van der Waals surface area contributed by atoms with Gasteiger partial charge in [-0.25, -0.2) is 0 Å². The maximum atomic E-state index is 12.7. The lowest BCUT2D eigenvalue weighted by Crippen LogP contribution is -2.38. The van der Waals surface area contributed by atoms with Crippen LogP contribution >= 0.6 is 0 Å². The predicted octanol–water partition coefficient (Wildman–Crippen LogP) is 2.48. The van der Waals surface area contributed by atoms with E-state index in [1.165, 1.54) is 0 Å². The highest BCUT2D eigenvalue weighted by atomic mass is 16.5. The van der Waals surface area contributed by atoms with Crippen LogP contribution in [0.25, 0.3) is 0 Å². The minimum atomic E-state index is -0.634. The van der Waals surface area contributed by atoms with Gasteiger partial charge in [0.15, 0.2) is 0 Å². The molecule has 2 aromatic carbocycles. The van der Waals surface area contributed by atoms with Gasteiger partial charge in [0.2, 0.25) is 6.10 Å². The van der Waals surface area contributed by atoms with Gasteiger partial charge in [-0.15, -0.1) is 0 Å². The summed E-state index contributed by atoms with van der Waals surface area (Å²) in [5.74, 6) is 0.636. The van der Waals surface area contributed by atoms with E-state index in [-0.39, 0.29) is 5.91 Å². The van der Waals surface area contributed by atoms with Gasteiger partial charge in [0.05, 0.1) is 0 Å². The Morgan fingerprint density at radius 3 is 2.27 bits per heavy atom. The first-order chi connectivity index (χ1) is 10.7. The van der Waals surface area contributed by atoms with Crippen molar-refractivity contribution in [2.24, 2.45) is 0 Å². The lowest BCUT2D eigenvalue weighted by atomic mass is 10.1. The topological polar surface area (TPSA) is 41.6 Å². The van der Waals surface area contributed by atoms with Crippen molar-refractivity contribution in [2.75, 3.05) is 27.2 Å². The molecule has 0 heterocycles. The predicted molar refractivity (Wildman–Crippen MR) is 87.8 cm³/mol. The molecule has 0 aliphatic carbocycles. The van der Waals surface area contributed by atoms with E-state index in [4.69, 9.17) is 4.74 Å². The van der Waals surface area contributed by atoms with Gasteiger partial charge in [0.1, 0.15) is 5.75 Å². The average Bonchev–Trinajstić information content (AvgIpc) is 2.58. The number of carbonyl (C=O) groups excluding carboxylic acids is 1. The molecule has 4 nitrogen and oxygen atoms in total. The van der Waals surface area contributed by atoms with Crippen molar-refractivity contribution >= 4 is 5.91 Å². The first-order valence-corrected chi connectivity index (χ1v) is 7.38. The van der Waals surface area contributed by atoms with Crippen LogP contribution in [0.3, 0.4) is 0 Å². The van der Waals surface area contributed by atoms with Crippen LogP contribution in [0.1, 0.15) is 11.7 Å². The zero-order chi connectivity index (χ0) is 15.8. The Bertz CT molecular complexity index is 572. The molecular weight excluding hydrogens is 276 g/mol. The van der Waals surface area contributed by atoms with Crippen molar-refractivity contribution in [1.29, 1.82) is 0 Å². The summed E-state index contributed by atoms with van der Waals surface area (Å²) < 4.78 is 5.95. The van der Waals surface area contributed by atoms with E-state index in [2.05, 4.69) is 5.32 Å². The van der Waals surface area contributed by atoms with Gasteiger partial charge in [-0.1, -0.05) is 48.5 Å². The lowest BCUT2D eigenvalue weighted by molar-refractivity contribution is -0.137. The molecule has 0 saturated heterocycles. The number of hydrogen-bond donors (Lipinski definition) is 1. The molecule has 0 aliphatic rings. The fourth-order valence-electron chi connectivity index (χ4n) is 2.11. The van der Waals surface area contributed by atoms with Crippen molar-refractivity contribution in [1.82, 2.24) is 10.2 Å². The number of amides is 1. The monoisotopic (exact) mass is 298 g/mol. The molecule has 0 aromatic heterocycles. The fourth-order valence-corrected chi connectivity index (χ4v) is 2.11. The molecule has 22 heavy (non-hydrogen) atoms. The Labute approximate surface area is 131 Å². The number of rotatable bonds is 7. The van der Waals surface area contributed by atoms with E-state index >= 15 is 0 Å². The molecule has 0 fully saturated rings. The zero-order valence-electron chi connectivity index (χ0n) is 13.0. The third-order valence-corrected chi connectivity index (χ3v) is 3.40. The minimum absolute atomic E-state index is 0.0506. The maximum absolute atomic E-state index is 12.7. The highest BCUT2D eigenvalue weighted by Gasteiger charge is 2.25. The summed E-state index contributed by atoms with van der Waals surface area (Å²) in [6.07, 6.45) is -0.634. The molecule has 0 aliphatic heterocycles. The van der Waals surface area contributed by atoms with Gasteiger partial charge >= 0.3 is 0 Å². The van der Waals surface area contributed by atoms with Crippen molar-refractivity contribution < 1.29 is 9.53 Å². The quantitative estimate of drug-likeness (QED) is 0.854. The van der Waals surface area contributed by atoms with Crippen LogP contribution in [-0.4, -0.2) is 38.0 Å². The number of benzene rings is 2. The van der Waals surface area contributed by atoms with Crippen LogP contribution in [-0.2, 0) is 4.79 Å². The first-order valence-electron chi connectivity index (χ1n) is 7.38. The van der Waals surface area contributed by atoms with Crippen molar-refractivity contribution in [3.8, 4) is 5.75 Å². The fraction of sp³-hybridized carbons (Fsp3) is 0.278. The van der Waals surface area contributed by atoms with Gasteiger partial charge in [0, 0.05) is 25.7 Å². The van der Waals surface area contributed by atoms with E-state index in [9.17, 15) is 4.79 Å². The summed E-state index contributed by atoms with van der Waals surface area (Å²) in [6, 6.07) is 19.0. The number of likely N-dealkylation sites (N-methyl/N-ethyl adjacent to an activating group) is 2. The smallest absolute Gasteiger partial charge is 0.268 e. The van der Waals surface area contributed by atoms with Gasteiger partial charge in [0.25, 0.3) is 5.91 Å².